The van der Waals surface area contributed by atoms with Crippen molar-refractivity contribution in [3.8, 4) is 11.1 Å². The fraction of sp³-hybridized carbons (Fsp3) is 0.400. The summed E-state index contributed by atoms with van der Waals surface area (Å²) in [4.78, 5) is 0. The summed E-state index contributed by atoms with van der Waals surface area (Å²) in [5.41, 5.74) is 6.82. The molecule has 0 aliphatic carbocycles. The van der Waals surface area contributed by atoms with Gasteiger partial charge in [0.1, 0.15) is 0 Å². The molecule has 21 heavy (non-hydrogen) atoms. The molecule has 0 saturated heterocycles. The number of nitrogens with one attached hydrogen (secondary N) is 1. The maximum Gasteiger partial charge on any atom is 0.0208 e. The molecule has 0 radical (unpaired) electrons. The van der Waals surface area contributed by atoms with E-state index in [-0.39, 0.29) is 0 Å². The third-order valence-electron chi connectivity index (χ3n) is 3.79. The van der Waals surface area contributed by atoms with Gasteiger partial charge >= 0.3 is 0 Å². The fourth-order valence-electron chi connectivity index (χ4n) is 2.60. The van der Waals surface area contributed by atoms with Gasteiger partial charge in [0, 0.05) is 12.6 Å². The minimum Gasteiger partial charge on any atom is -0.310 e. The first-order valence-corrected chi connectivity index (χ1v) is 8.02. The largest absolute Gasteiger partial charge is 0.310 e. The first kappa shape index (κ1) is 15.8. The molecule has 0 fully saturated rings. The monoisotopic (exact) mass is 281 g/mol. The minimum absolute atomic E-state index is 0.516. The standard InChI is InChI=1S/C20H27N/c1-5-7-17-8-6-9-19(12-17)20-13-18(11-10-16(20)4)14-21-15(2)3/h6,8-13,15,21H,5,7,14H2,1-4H3. The minimum atomic E-state index is 0.516. The van der Waals surface area contributed by atoms with Crippen LogP contribution in [-0.2, 0) is 13.0 Å². The van der Waals surface area contributed by atoms with Crippen LogP contribution in [0.2, 0.25) is 0 Å². The highest BCUT2D eigenvalue weighted by Crippen LogP contribution is 2.26. The van der Waals surface area contributed by atoms with Gasteiger partial charge < -0.3 is 5.32 Å². The molecule has 0 aliphatic rings. The molecule has 2 aromatic rings. The fourth-order valence-corrected chi connectivity index (χ4v) is 2.60. The average Bonchev–Trinajstić information content (AvgIpc) is 2.47. The van der Waals surface area contributed by atoms with Gasteiger partial charge in [-0.3, -0.25) is 0 Å². The van der Waals surface area contributed by atoms with Gasteiger partial charge in [-0.15, -0.1) is 0 Å². The Morgan fingerprint density at radius 1 is 1.00 bits per heavy atom. The van der Waals surface area contributed by atoms with E-state index in [4.69, 9.17) is 0 Å². The number of rotatable bonds is 6. The zero-order valence-corrected chi connectivity index (χ0v) is 13.7. The third kappa shape index (κ3) is 4.44. The van der Waals surface area contributed by atoms with Crippen molar-refractivity contribution < 1.29 is 0 Å². The lowest BCUT2D eigenvalue weighted by molar-refractivity contribution is 0.589. The van der Waals surface area contributed by atoms with Crippen LogP contribution < -0.4 is 5.32 Å². The first-order chi connectivity index (χ1) is 10.1. The molecule has 1 N–H and O–H groups in total. The molecule has 0 saturated carbocycles. The van der Waals surface area contributed by atoms with Crippen LogP contribution in [-0.4, -0.2) is 6.04 Å². The van der Waals surface area contributed by atoms with Crippen LogP contribution in [0.25, 0.3) is 11.1 Å². The second-order valence-corrected chi connectivity index (χ2v) is 6.14. The van der Waals surface area contributed by atoms with E-state index in [0.717, 1.165) is 13.0 Å². The highest BCUT2D eigenvalue weighted by molar-refractivity contribution is 5.68. The third-order valence-corrected chi connectivity index (χ3v) is 3.79. The second-order valence-electron chi connectivity index (χ2n) is 6.14. The average molecular weight is 281 g/mol. The molecule has 0 spiro atoms. The first-order valence-electron chi connectivity index (χ1n) is 8.02. The van der Waals surface area contributed by atoms with Gasteiger partial charge in [0.25, 0.3) is 0 Å². The SMILES string of the molecule is CCCc1cccc(-c2cc(CNC(C)C)ccc2C)c1. The Kier molecular flexibility index (Phi) is 5.58. The van der Waals surface area contributed by atoms with Crippen LogP contribution in [0.4, 0.5) is 0 Å². The summed E-state index contributed by atoms with van der Waals surface area (Å²) in [6.45, 7) is 9.73. The van der Waals surface area contributed by atoms with E-state index in [1.165, 1.54) is 34.2 Å². The van der Waals surface area contributed by atoms with Gasteiger partial charge in [-0.05, 0) is 47.2 Å². The van der Waals surface area contributed by atoms with Crippen molar-refractivity contribution >= 4 is 0 Å². The van der Waals surface area contributed by atoms with Crippen molar-refractivity contribution in [2.75, 3.05) is 0 Å². The molecule has 0 aliphatic heterocycles. The Balaban J connectivity index is 2.29. The number of aryl methyl sites for hydroxylation is 2. The Hall–Kier alpha value is -1.60. The Morgan fingerprint density at radius 3 is 2.52 bits per heavy atom. The normalized spacial score (nSPS) is 11.1. The lowest BCUT2D eigenvalue weighted by Crippen LogP contribution is -2.21. The highest BCUT2D eigenvalue weighted by atomic mass is 14.9. The quantitative estimate of drug-likeness (QED) is 0.775. The van der Waals surface area contributed by atoms with Crippen LogP contribution in [0.3, 0.4) is 0 Å². The van der Waals surface area contributed by atoms with E-state index in [1.54, 1.807) is 0 Å². The molecule has 1 heteroatoms. The van der Waals surface area contributed by atoms with E-state index in [9.17, 15) is 0 Å². The summed E-state index contributed by atoms with van der Waals surface area (Å²) < 4.78 is 0. The Labute approximate surface area is 129 Å². The number of hydrogen-bond acceptors (Lipinski definition) is 1. The van der Waals surface area contributed by atoms with Crippen LogP contribution in [0.5, 0.6) is 0 Å². The summed E-state index contributed by atoms with van der Waals surface area (Å²) in [7, 11) is 0. The summed E-state index contributed by atoms with van der Waals surface area (Å²) in [5.74, 6) is 0. The molecule has 0 aromatic heterocycles. The van der Waals surface area contributed by atoms with E-state index in [2.05, 4.69) is 75.5 Å². The van der Waals surface area contributed by atoms with Crippen LogP contribution in [0.15, 0.2) is 42.5 Å². The number of benzene rings is 2. The van der Waals surface area contributed by atoms with Crippen molar-refractivity contribution in [1.29, 1.82) is 0 Å². The van der Waals surface area contributed by atoms with Crippen LogP contribution in [0, 0.1) is 6.92 Å². The van der Waals surface area contributed by atoms with Crippen LogP contribution in [0.1, 0.15) is 43.9 Å². The Morgan fingerprint density at radius 2 is 1.81 bits per heavy atom. The van der Waals surface area contributed by atoms with Crippen molar-refractivity contribution in [3.63, 3.8) is 0 Å². The topological polar surface area (TPSA) is 12.0 Å². The van der Waals surface area contributed by atoms with E-state index < -0.39 is 0 Å². The van der Waals surface area contributed by atoms with E-state index in [0.29, 0.717) is 6.04 Å². The highest BCUT2D eigenvalue weighted by Gasteiger charge is 2.05. The molecule has 0 unspecified atom stereocenters. The molecule has 0 bridgehead atoms. The summed E-state index contributed by atoms with van der Waals surface area (Å²) in [6.07, 6.45) is 2.35. The van der Waals surface area contributed by atoms with Gasteiger partial charge in [-0.1, -0.05) is 63.6 Å². The molecule has 0 amide bonds. The molecule has 0 atom stereocenters. The molecule has 2 rings (SSSR count). The van der Waals surface area contributed by atoms with Crippen LogP contribution >= 0.6 is 0 Å². The van der Waals surface area contributed by atoms with Gasteiger partial charge in [0.15, 0.2) is 0 Å². The lowest BCUT2D eigenvalue weighted by atomic mass is 9.96. The molecular formula is C20H27N. The molecule has 0 heterocycles. The second kappa shape index (κ2) is 7.42. The zero-order valence-electron chi connectivity index (χ0n) is 13.7. The predicted octanol–water partition coefficient (Wildman–Crippen LogP) is 5.11. The van der Waals surface area contributed by atoms with Gasteiger partial charge in [0.05, 0.1) is 0 Å². The lowest BCUT2D eigenvalue weighted by Gasteiger charge is -2.12. The predicted molar refractivity (Wildman–Crippen MR) is 92.6 cm³/mol. The smallest absolute Gasteiger partial charge is 0.0208 e. The van der Waals surface area contributed by atoms with Crippen molar-refractivity contribution in [1.82, 2.24) is 5.32 Å². The maximum atomic E-state index is 3.49. The van der Waals surface area contributed by atoms with Gasteiger partial charge in [-0.2, -0.15) is 0 Å². The molecule has 1 nitrogen and oxygen atoms in total. The summed E-state index contributed by atoms with van der Waals surface area (Å²) >= 11 is 0. The van der Waals surface area contributed by atoms with Crippen molar-refractivity contribution in [3.05, 3.63) is 59.2 Å². The maximum absolute atomic E-state index is 3.49. The summed E-state index contributed by atoms with van der Waals surface area (Å²) in [5, 5.41) is 3.49. The molecular weight excluding hydrogens is 254 g/mol. The van der Waals surface area contributed by atoms with E-state index >= 15 is 0 Å². The van der Waals surface area contributed by atoms with Gasteiger partial charge in [-0.25, -0.2) is 0 Å². The zero-order chi connectivity index (χ0) is 15.2. The van der Waals surface area contributed by atoms with E-state index in [1.807, 2.05) is 0 Å². The van der Waals surface area contributed by atoms with Crippen molar-refractivity contribution in [2.24, 2.45) is 0 Å². The number of hydrogen-bond donors (Lipinski definition) is 1. The summed E-state index contributed by atoms with van der Waals surface area (Å²) in [6, 6.07) is 16.3. The van der Waals surface area contributed by atoms with Crippen molar-refractivity contribution in [2.45, 2.75) is 53.1 Å². The molecule has 2 aromatic carbocycles. The van der Waals surface area contributed by atoms with Gasteiger partial charge in [0.2, 0.25) is 0 Å². The molecule has 112 valence electrons. The Bertz CT molecular complexity index is 584.